The molecule has 4 aliphatic rings. The van der Waals surface area contributed by atoms with E-state index >= 15 is 0 Å². The third-order valence-corrected chi connectivity index (χ3v) is 8.51. The molecule has 0 unspecified atom stereocenters. The minimum atomic E-state index is -0.332. The molecule has 6 heteroatoms. The molecule has 2 heterocycles. The molecule has 2 bridgehead atoms. The molecule has 1 aliphatic heterocycles. The molecular weight excluding hydrogens is 351 g/mol. The number of hydrogen-bond donors (Lipinski definition) is 0. The first-order valence-corrected chi connectivity index (χ1v) is 10.9. The molecule has 5 rings (SSSR count). The normalized spacial score (nSPS) is 35.0. The van der Waals surface area contributed by atoms with E-state index in [0.717, 1.165) is 42.8 Å². The predicted molar refractivity (Wildman–Crippen MR) is 111 cm³/mol. The first-order chi connectivity index (χ1) is 13.0. The number of nitrogens with zero attached hydrogens (tertiary/aromatic N) is 2. The molecule has 0 amide bonds. The van der Waals surface area contributed by atoms with Gasteiger partial charge in [-0.05, 0) is 76.0 Å². The fourth-order valence-electron chi connectivity index (χ4n) is 5.77. The van der Waals surface area contributed by atoms with Crippen molar-refractivity contribution in [2.75, 3.05) is 13.7 Å². The fraction of sp³-hybridized carbons (Fsp3) is 0.864. The number of aromatic nitrogens is 2. The molecule has 1 aromatic heterocycles. The molecule has 3 aliphatic carbocycles. The summed E-state index contributed by atoms with van der Waals surface area (Å²) in [5, 5.41) is 4.67. The fourth-order valence-corrected chi connectivity index (χ4v) is 5.77. The zero-order valence-electron chi connectivity index (χ0n) is 18.7. The summed E-state index contributed by atoms with van der Waals surface area (Å²) in [6.07, 6.45) is 7.91. The SMILES string of the molecule is COCC[C@H]1[C@H](Cn2cc(B3OC(C)(C)C(C)(C)O3)cn2)C[C@@H]2C[C@H]1C2(C)C. The number of hydrogen-bond acceptors (Lipinski definition) is 4. The van der Waals surface area contributed by atoms with Crippen LogP contribution in [0.15, 0.2) is 12.4 Å². The van der Waals surface area contributed by atoms with Crippen molar-refractivity contribution in [1.29, 1.82) is 0 Å². The second-order valence-electron chi connectivity index (χ2n) is 10.9. The van der Waals surface area contributed by atoms with Crippen LogP contribution >= 0.6 is 0 Å². The van der Waals surface area contributed by atoms with Crippen molar-refractivity contribution < 1.29 is 14.0 Å². The molecule has 28 heavy (non-hydrogen) atoms. The molecular formula is C22H37BN2O3. The van der Waals surface area contributed by atoms with Crippen LogP contribution in [-0.4, -0.2) is 41.8 Å². The van der Waals surface area contributed by atoms with E-state index in [-0.39, 0.29) is 18.3 Å². The molecule has 3 saturated carbocycles. The van der Waals surface area contributed by atoms with Crippen LogP contribution in [0.5, 0.6) is 0 Å². The summed E-state index contributed by atoms with van der Waals surface area (Å²) in [7, 11) is 1.48. The Morgan fingerprint density at radius 1 is 1.14 bits per heavy atom. The van der Waals surface area contributed by atoms with Gasteiger partial charge in [-0.25, -0.2) is 0 Å². The third kappa shape index (κ3) is 3.25. The molecule has 156 valence electrons. The molecule has 4 atom stereocenters. The first-order valence-electron chi connectivity index (χ1n) is 10.9. The maximum atomic E-state index is 6.19. The zero-order valence-corrected chi connectivity index (χ0v) is 18.7. The minimum absolute atomic E-state index is 0.318. The maximum Gasteiger partial charge on any atom is 0.498 e. The summed E-state index contributed by atoms with van der Waals surface area (Å²) >= 11 is 0. The van der Waals surface area contributed by atoms with Crippen molar-refractivity contribution >= 4 is 12.6 Å². The van der Waals surface area contributed by atoms with Gasteiger partial charge in [-0.15, -0.1) is 0 Å². The monoisotopic (exact) mass is 388 g/mol. The molecule has 0 spiro atoms. The van der Waals surface area contributed by atoms with Crippen LogP contribution in [0.3, 0.4) is 0 Å². The molecule has 4 fully saturated rings. The second-order valence-corrected chi connectivity index (χ2v) is 10.9. The topological polar surface area (TPSA) is 45.5 Å². The van der Waals surface area contributed by atoms with Crippen LogP contribution in [0.4, 0.5) is 0 Å². The lowest BCUT2D eigenvalue weighted by atomic mass is 9.43. The summed E-state index contributed by atoms with van der Waals surface area (Å²) in [4.78, 5) is 0. The summed E-state index contributed by atoms with van der Waals surface area (Å²) in [6.45, 7) is 15.1. The van der Waals surface area contributed by atoms with Crippen molar-refractivity contribution in [2.45, 2.75) is 78.6 Å². The summed E-state index contributed by atoms with van der Waals surface area (Å²) in [5.41, 5.74) is 0.878. The Labute approximate surface area is 170 Å². The Kier molecular flexibility index (Phi) is 5.00. The lowest BCUT2D eigenvalue weighted by Crippen LogP contribution is -2.56. The third-order valence-electron chi connectivity index (χ3n) is 8.51. The van der Waals surface area contributed by atoms with Gasteiger partial charge >= 0.3 is 7.12 Å². The van der Waals surface area contributed by atoms with Crippen LogP contribution in [0.1, 0.15) is 60.8 Å². The first kappa shape index (κ1) is 20.4. The Morgan fingerprint density at radius 3 is 2.43 bits per heavy atom. The predicted octanol–water partition coefficient (Wildman–Crippen LogP) is 3.52. The number of rotatable bonds is 6. The largest absolute Gasteiger partial charge is 0.498 e. The number of fused-ring (bicyclic) bond motifs is 2. The molecule has 0 aromatic carbocycles. The Bertz CT molecular complexity index is 698. The van der Waals surface area contributed by atoms with Gasteiger partial charge in [0.15, 0.2) is 0 Å². The molecule has 1 aromatic rings. The van der Waals surface area contributed by atoms with Crippen molar-refractivity contribution in [3.63, 3.8) is 0 Å². The van der Waals surface area contributed by atoms with Gasteiger partial charge < -0.3 is 14.0 Å². The molecule has 0 N–H and O–H groups in total. The van der Waals surface area contributed by atoms with Crippen LogP contribution < -0.4 is 5.46 Å². The van der Waals surface area contributed by atoms with Gasteiger partial charge in [-0.2, -0.15) is 5.10 Å². The lowest BCUT2D eigenvalue weighted by molar-refractivity contribution is -0.143. The van der Waals surface area contributed by atoms with Crippen LogP contribution in [-0.2, 0) is 20.6 Å². The van der Waals surface area contributed by atoms with E-state index in [9.17, 15) is 0 Å². The van der Waals surface area contributed by atoms with E-state index in [4.69, 9.17) is 14.0 Å². The Balaban J connectivity index is 1.45. The average Bonchev–Trinajstić information content (AvgIpc) is 3.15. The van der Waals surface area contributed by atoms with E-state index in [2.05, 4.69) is 57.5 Å². The van der Waals surface area contributed by atoms with Gasteiger partial charge in [0.2, 0.25) is 0 Å². The van der Waals surface area contributed by atoms with Crippen molar-refractivity contribution in [3.05, 3.63) is 12.4 Å². The van der Waals surface area contributed by atoms with Gasteiger partial charge in [-0.3, -0.25) is 4.68 Å². The van der Waals surface area contributed by atoms with Gasteiger partial charge in [0, 0.05) is 38.1 Å². The van der Waals surface area contributed by atoms with Crippen molar-refractivity contribution in [2.24, 2.45) is 29.1 Å². The van der Waals surface area contributed by atoms with E-state index in [1.54, 1.807) is 0 Å². The van der Waals surface area contributed by atoms with Gasteiger partial charge in [0.1, 0.15) is 0 Å². The highest BCUT2D eigenvalue weighted by Gasteiger charge is 2.57. The summed E-state index contributed by atoms with van der Waals surface area (Å²) < 4.78 is 19.9. The quantitative estimate of drug-likeness (QED) is 0.700. The van der Waals surface area contributed by atoms with E-state index in [1.165, 1.54) is 12.8 Å². The molecule has 1 saturated heterocycles. The van der Waals surface area contributed by atoms with Crippen molar-refractivity contribution in [3.8, 4) is 0 Å². The van der Waals surface area contributed by atoms with E-state index < -0.39 is 0 Å². The maximum absolute atomic E-state index is 6.19. The van der Waals surface area contributed by atoms with Crippen LogP contribution in [0.25, 0.3) is 0 Å². The van der Waals surface area contributed by atoms with E-state index in [1.807, 2.05) is 13.3 Å². The highest BCUT2D eigenvalue weighted by molar-refractivity contribution is 6.61. The Hall–Kier alpha value is -0.845. The minimum Gasteiger partial charge on any atom is -0.399 e. The Morgan fingerprint density at radius 2 is 1.82 bits per heavy atom. The standard InChI is InChI=1S/C22H37BN2O3/c1-20(2)16-10-15(18(8-9-26-7)19(20)11-16)13-25-14-17(12-24-25)23-27-21(3,4)22(5,6)28-23/h12,14-16,18-19H,8-11,13H2,1-7H3/t15-,16+,18-,19+/m0/s1. The lowest BCUT2D eigenvalue weighted by Gasteiger charge is -2.63. The summed E-state index contributed by atoms with van der Waals surface area (Å²) in [5.74, 6) is 3.09. The van der Waals surface area contributed by atoms with E-state index in [0.29, 0.717) is 11.3 Å². The average molecular weight is 388 g/mol. The highest BCUT2D eigenvalue weighted by Crippen LogP contribution is 2.63. The van der Waals surface area contributed by atoms with Crippen molar-refractivity contribution in [1.82, 2.24) is 9.78 Å². The number of methoxy groups -OCH3 is 1. The highest BCUT2D eigenvalue weighted by atomic mass is 16.7. The molecule has 0 radical (unpaired) electrons. The van der Waals surface area contributed by atoms with Crippen LogP contribution in [0, 0.1) is 29.1 Å². The second kappa shape index (κ2) is 6.85. The van der Waals surface area contributed by atoms with Crippen LogP contribution in [0.2, 0.25) is 0 Å². The molecule has 5 nitrogen and oxygen atoms in total. The number of ether oxygens (including phenoxy) is 1. The van der Waals surface area contributed by atoms with Gasteiger partial charge in [0.05, 0.1) is 11.2 Å². The zero-order chi connectivity index (χ0) is 20.3. The van der Waals surface area contributed by atoms with Gasteiger partial charge in [0.25, 0.3) is 0 Å². The smallest absolute Gasteiger partial charge is 0.399 e. The van der Waals surface area contributed by atoms with Gasteiger partial charge in [-0.1, -0.05) is 13.8 Å². The summed E-state index contributed by atoms with van der Waals surface area (Å²) in [6, 6.07) is 0.